The van der Waals surface area contributed by atoms with Gasteiger partial charge in [0.1, 0.15) is 0 Å². The Labute approximate surface area is 119 Å². The predicted octanol–water partition coefficient (Wildman–Crippen LogP) is 2.94. The Hall–Kier alpha value is -0.700. The first-order valence-electron chi connectivity index (χ1n) is 4.41. The highest BCUT2D eigenvalue weighted by molar-refractivity contribution is 14.1. The molecule has 0 bridgehead atoms. The summed E-state index contributed by atoms with van der Waals surface area (Å²) in [4.78, 5) is 22.5. The number of amides is 1. The molecule has 0 aromatic heterocycles. The summed E-state index contributed by atoms with van der Waals surface area (Å²) in [5.41, 5.74) is -0.204. The highest BCUT2D eigenvalue weighted by Gasteiger charge is 2.21. The molecule has 0 saturated heterocycles. The van der Waals surface area contributed by atoms with Crippen LogP contribution in [0.2, 0.25) is 0 Å². The number of esters is 1. The number of hydrogen-bond acceptors (Lipinski definition) is 3. The minimum Gasteiger partial charge on any atom is -0.465 e. The van der Waals surface area contributed by atoms with E-state index in [1.165, 1.54) is 20.1 Å². The van der Waals surface area contributed by atoms with E-state index >= 15 is 0 Å². The fourth-order valence-electron chi connectivity index (χ4n) is 1.16. The Morgan fingerprint density at radius 1 is 1.53 bits per heavy atom. The second-order valence-corrected chi connectivity index (χ2v) is 5.04. The zero-order valence-corrected chi connectivity index (χ0v) is 12.7. The van der Waals surface area contributed by atoms with Crippen molar-refractivity contribution >= 4 is 56.1 Å². The molecule has 1 aromatic carbocycles. The Bertz CT molecular complexity index is 493. The maximum Gasteiger partial charge on any atom is 0.340 e. The minimum atomic E-state index is -0.710. The van der Waals surface area contributed by atoms with Gasteiger partial charge in [-0.15, -0.1) is 0 Å². The van der Waals surface area contributed by atoms with Crippen LogP contribution in [0, 0.1) is 9.39 Å². The lowest BCUT2D eigenvalue weighted by Crippen LogP contribution is -2.14. The topological polar surface area (TPSA) is 55.4 Å². The van der Waals surface area contributed by atoms with E-state index in [9.17, 15) is 14.0 Å². The van der Waals surface area contributed by atoms with E-state index in [2.05, 4.69) is 26.0 Å². The molecule has 0 aliphatic carbocycles. The molecular weight excluding hydrogens is 408 g/mol. The summed E-state index contributed by atoms with van der Waals surface area (Å²) >= 11 is 4.91. The van der Waals surface area contributed by atoms with Gasteiger partial charge in [-0.1, -0.05) is 0 Å². The second-order valence-electron chi connectivity index (χ2n) is 3.08. The summed E-state index contributed by atoms with van der Waals surface area (Å²) in [6.07, 6.45) is 0. The van der Waals surface area contributed by atoms with Crippen LogP contribution < -0.4 is 5.32 Å². The molecule has 1 rings (SSSR count). The summed E-state index contributed by atoms with van der Waals surface area (Å²) in [5.74, 6) is -1.88. The van der Waals surface area contributed by atoms with Crippen molar-refractivity contribution in [2.24, 2.45) is 0 Å². The molecule has 0 fully saturated rings. The maximum absolute atomic E-state index is 13.9. The fraction of sp³-hybridized carbons (Fsp3) is 0.200. The third kappa shape index (κ3) is 3.15. The fourth-order valence-corrected chi connectivity index (χ4v) is 2.03. The molecule has 1 amide bonds. The first kappa shape index (κ1) is 14.4. The summed E-state index contributed by atoms with van der Waals surface area (Å²) in [6.45, 7) is 1.23. The summed E-state index contributed by atoms with van der Waals surface area (Å²) < 4.78 is 19.1. The molecule has 0 aliphatic heterocycles. The number of ether oxygens (including phenoxy) is 1. The standard InChI is InChI=1S/C10H8BrFINO3/c1-4(15)14-9-5(10(16)17-2)3-6(13)7(11)8(9)12/h3H,1-2H3,(H,14,15). The Balaban J connectivity index is 3.45. The number of hydrogen-bond donors (Lipinski definition) is 1. The predicted molar refractivity (Wildman–Crippen MR) is 72.5 cm³/mol. The van der Waals surface area contributed by atoms with Crippen molar-refractivity contribution in [3.63, 3.8) is 0 Å². The van der Waals surface area contributed by atoms with Crippen LogP contribution in [0.15, 0.2) is 10.5 Å². The van der Waals surface area contributed by atoms with Crippen molar-refractivity contribution in [3.8, 4) is 0 Å². The van der Waals surface area contributed by atoms with Crippen LogP contribution in [-0.2, 0) is 9.53 Å². The molecule has 0 saturated carbocycles. The lowest BCUT2D eigenvalue weighted by atomic mass is 10.1. The molecule has 0 heterocycles. The summed E-state index contributed by atoms with van der Waals surface area (Å²) in [7, 11) is 1.19. The van der Waals surface area contributed by atoms with E-state index in [-0.39, 0.29) is 15.7 Å². The van der Waals surface area contributed by atoms with Crippen LogP contribution in [0.4, 0.5) is 10.1 Å². The summed E-state index contributed by atoms with van der Waals surface area (Å²) in [6, 6.07) is 1.44. The number of rotatable bonds is 2. The first-order valence-corrected chi connectivity index (χ1v) is 6.29. The minimum absolute atomic E-state index is 0.0206. The number of carbonyl (C=O) groups excluding carboxylic acids is 2. The zero-order valence-electron chi connectivity index (χ0n) is 8.94. The Kier molecular flexibility index (Phi) is 4.87. The van der Waals surface area contributed by atoms with Crippen LogP contribution in [0.5, 0.6) is 0 Å². The Morgan fingerprint density at radius 3 is 2.59 bits per heavy atom. The molecule has 0 aliphatic rings. The summed E-state index contributed by atoms with van der Waals surface area (Å²) in [5, 5.41) is 2.28. The molecule has 1 aromatic rings. The second kappa shape index (κ2) is 5.76. The van der Waals surface area contributed by atoms with Crippen molar-refractivity contribution in [2.45, 2.75) is 6.92 Å². The quantitative estimate of drug-likeness (QED) is 0.459. The van der Waals surface area contributed by atoms with E-state index in [0.29, 0.717) is 3.57 Å². The van der Waals surface area contributed by atoms with E-state index in [4.69, 9.17) is 0 Å². The molecular formula is C10H8BrFINO3. The van der Waals surface area contributed by atoms with Gasteiger partial charge in [-0.25, -0.2) is 9.18 Å². The molecule has 92 valence electrons. The SMILES string of the molecule is COC(=O)c1cc(I)c(Br)c(F)c1NC(C)=O. The molecule has 0 spiro atoms. The normalized spacial score (nSPS) is 9.94. The zero-order chi connectivity index (χ0) is 13.2. The molecule has 0 atom stereocenters. The molecule has 0 radical (unpaired) electrons. The highest BCUT2D eigenvalue weighted by atomic mass is 127. The van der Waals surface area contributed by atoms with Crippen LogP contribution in [0.3, 0.4) is 0 Å². The number of carbonyl (C=O) groups is 2. The molecule has 0 unspecified atom stereocenters. The van der Waals surface area contributed by atoms with Gasteiger partial charge in [0.05, 0.1) is 22.8 Å². The molecule has 17 heavy (non-hydrogen) atoms. The van der Waals surface area contributed by atoms with Crippen LogP contribution in [0.25, 0.3) is 0 Å². The van der Waals surface area contributed by atoms with Crippen LogP contribution in [0.1, 0.15) is 17.3 Å². The van der Waals surface area contributed by atoms with Gasteiger partial charge in [0.15, 0.2) is 5.82 Å². The number of anilines is 1. The van der Waals surface area contributed by atoms with Gasteiger partial charge < -0.3 is 10.1 Å². The average molecular weight is 416 g/mol. The van der Waals surface area contributed by atoms with Crippen molar-refractivity contribution in [1.82, 2.24) is 0 Å². The van der Waals surface area contributed by atoms with Crippen LogP contribution >= 0.6 is 38.5 Å². The monoisotopic (exact) mass is 415 g/mol. The lowest BCUT2D eigenvalue weighted by Gasteiger charge is -2.12. The van der Waals surface area contributed by atoms with E-state index < -0.39 is 17.7 Å². The highest BCUT2D eigenvalue weighted by Crippen LogP contribution is 2.32. The molecule has 1 N–H and O–H groups in total. The van der Waals surface area contributed by atoms with Gasteiger partial charge in [-0.2, -0.15) is 0 Å². The smallest absolute Gasteiger partial charge is 0.340 e. The van der Waals surface area contributed by atoms with Gasteiger partial charge in [0.25, 0.3) is 0 Å². The molecule has 7 heteroatoms. The van der Waals surface area contributed by atoms with Gasteiger partial charge >= 0.3 is 5.97 Å². The number of nitrogens with one attached hydrogen (secondary N) is 1. The van der Waals surface area contributed by atoms with Gasteiger partial charge in [0, 0.05) is 10.5 Å². The van der Waals surface area contributed by atoms with Gasteiger partial charge in [-0.05, 0) is 44.6 Å². The number of halogens is 3. The van der Waals surface area contributed by atoms with E-state index in [1.807, 2.05) is 22.6 Å². The van der Waals surface area contributed by atoms with Crippen molar-refractivity contribution in [3.05, 3.63) is 25.5 Å². The molecule has 4 nitrogen and oxygen atoms in total. The van der Waals surface area contributed by atoms with E-state index in [1.54, 1.807) is 0 Å². The number of methoxy groups -OCH3 is 1. The number of benzene rings is 1. The first-order chi connectivity index (χ1) is 7.88. The van der Waals surface area contributed by atoms with Crippen LogP contribution in [-0.4, -0.2) is 19.0 Å². The third-order valence-electron chi connectivity index (χ3n) is 1.87. The van der Waals surface area contributed by atoms with Gasteiger partial charge in [-0.3, -0.25) is 4.79 Å². The van der Waals surface area contributed by atoms with Gasteiger partial charge in [0.2, 0.25) is 5.91 Å². The average Bonchev–Trinajstić information content (AvgIpc) is 2.28. The lowest BCUT2D eigenvalue weighted by molar-refractivity contribution is -0.114. The van der Waals surface area contributed by atoms with Crippen molar-refractivity contribution in [1.29, 1.82) is 0 Å². The largest absolute Gasteiger partial charge is 0.465 e. The third-order valence-corrected chi connectivity index (χ3v) is 4.24. The Morgan fingerprint density at radius 2 is 2.12 bits per heavy atom. The van der Waals surface area contributed by atoms with E-state index in [0.717, 1.165) is 0 Å². The maximum atomic E-state index is 13.9. The van der Waals surface area contributed by atoms with Crippen molar-refractivity contribution in [2.75, 3.05) is 12.4 Å². The van der Waals surface area contributed by atoms with Crippen molar-refractivity contribution < 1.29 is 18.7 Å².